The minimum absolute atomic E-state index is 0.0199. The number of imide groups is 1. The average molecular weight is 446 g/mol. The normalized spacial score (nSPS) is 18.0. The van der Waals surface area contributed by atoms with Crippen molar-refractivity contribution in [2.75, 3.05) is 0 Å². The Morgan fingerprint density at radius 2 is 1.84 bits per heavy atom. The van der Waals surface area contributed by atoms with Crippen molar-refractivity contribution in [3.05, 3.63) is 88.2 Å². The van der Waals surface area contributed by atoms with Crippen molar-refractivity contribution in [1.29, 1.82) is 0 Å². The molecule has 0 radical (unpaired) electrons. The van der Waals surface area contributed by atoms with Crippen LogP contribution in [0.2, 0.25) is 5.02 Å². The number of amides is 3. The van der Waals surface area contributed by atoms with Gasteiger partial charge in [-0.2, -0.15) is 0 Å². The Kier molecular flexibility index (Phi) is 5.23. The van der Waals surface area contributed by atoms with Crippen LogP contribution in [0.25, 0.3) is 11.1 Å². The number of carbonyl (C=O) groups excluding carboxylic acids is 3. The fourth-order valence-electron chi connectivity index (χ4n) is 4.38. The zero-order valence-electron chi connectivity index (χ0n) is 17.2. The lowest BCUT2D eigenvalue weighted by atomic mass is 9.88. The predicted molar refractivity (Wildman–Crippen MR) is 120 cm³/mol. The van der Waals surface area contributed by atoms with Crippen LogP contribution in [-0.4, -0.2) is 27.6 Å². The van der Waals surface area contributed by atoms with Crippen molar-refractivity contribution in [1.82, 2.24) is 15.2 Å². The largest absolute Gasteiger partial charge is 0.330 e. The van der Waals surface area contributed by atoms with E-state index in [1.54, 1.807) is 23.4 Å². The third kappa shape index (κ3) is 3.67. The predicted octanol–water partition coefficient (Wildman–Crippen LogP) is 4.08. The van der Waals surface area contributed by atoms with E-state index in [1.165, 1.54) is 0 Å². The summed E-state index contributed by atoms with van der Waals surface area (Å²) in [6.07, 6.45) is 4.14. The standard InChI is InChI=1S/C25H20ClN3O3/c26-23-18(2-1-3-20(23)21-8-9-22(30)28-24(21)31)16-6-4-15(5-7-16)13-29-14-17-12-27-11-10-19(17)25(29)32/h1-7,10-12,21H,8-9,13-14H2,(H,28,30,31). The van der Waals surface area contributed by atoms with Crippen LogP contribution in [-0.2, 0) is 22.7 Å². The molecule has 6 nitrogen and oxygen atoms in total. The molecule has 3 aromatic rings. The second-order valence-corrected chi connectivity index (χ2v) is 8.48. The van der Waals surface area contributed by atoms with Gasteiger partial charge in [-0.05, 0) is 29.2 Å². The van der Waals surface area contributed by atoms with Crippen molar-refractivity contribution in [3.63, 3.8) is 0 Å². The summed E-state index contributed by atoms with van der Waals surface area (Å²) in [5.41, 5.74) is 5.16. The summed E-state index contributed by atoms with van der Waals surface area (Å²) in [6, 6.07) is 15.3. The molecule has 1 saturated heterocycles. The first-order valence-electron chi connectivity index (χ1n) is 10.4. The third-order valence-corrected chi connectivity index (χ3v) is 6.49. The van der Waals surface area contributed by atoms with Crippen molar-refractivity contribution in [3.8, 4) is 11.1 Å². The van der Waals surface area contributed by atoms with Crippen molar-refractivity contribution >= 4 is 29.3 Å². The molecule has 2 aliphatic heterocycles. The highest BCUT2D eigenvalue weighted by Gasteiger charge is 2.30. The monoisotopic (exact) mass is 445 g/mol. The number of halogens is 1. The smallest absolute Gasteiger partial charge is 0.254 e. The number of hydrogen-bond acceptors (Lipinski definition) is 4. The van der Waals surface area contributed by atoms with Crippen molar-refractivity contribution < 1.29 is 14.4 Å². The van der Waals surface area contributed by atoms with E-state index in [0.29, 0.717) is 36.5 Å². The molecule has 0 spiro atoms. The summed E-state index contributed by atoms with van der Waals surface area (Å²) in [5.74, 6) is -0.963. The van der Waals surface area contributed by atoms with Crippen LogP contribution in [0.3, 0.4) is 0 Å². The number of hydrogen-bond donors (Lipinski definition) is 1. The summed E-state index contributed by atoms with van der Waals surface area (Å²) in [7, 11) is 0. The Bertz CT molecular complexity index is 1240. The van der Waals surface area contributed by atoms with Gasteiger partial charge in [-0.1, -0.05) is 54.1 Å². The summed E-state index contributed by atoms with van der Waals surface area (Å²) in [6.45, 7) is 1.07. The SMILES string of the molecule is O=C1CCC(c2cccc(-c3ccc(CN4Cc5cnccc5C4=O)cc3)c2Cl)C(=O)N1. The number of rotatable bonds is 4. The highest BCUT2D eigenvalue weighted by Crippen LogP contribution is 2.37. The molecule has 160 valence electrons. The fraction of sp³-hybridized carbons (Fsp3) is 0.200. The third-order valence-electron chi connectivity index (χ3n) is 6.06. The van der Waals surface area contributed by atoms with Gasteiger partial charge in [0.05, 0.1) is 10.9 Å². The van der Waals surface area contributed by atoms with E-state index in [4.69, 9.17) is 11.6 Å². The topological polar surface area (TPSA) is 79.4 Å². The number of nitrogens with one attached hydrogen (secondary N) is 1. The Labute approximate surface area is 190 Å². The lowest BCUT2D eigenvalue weighted by molar-refractivity contribution is -0.134. The maximum Gasteiger partial charge on any atom is 0.254 e. The molecule has 2 aliphatic rings. The van der Waals surface area contributed by atoms with Gasteiger partial charge in [0.25, 0.3) is 5.91 Å². The van der Waals surface area contributed by atoms with E-state index in [2.05, 4.69) is 10.3 Å². The molecular weight excluding hydrogens is 426 g/mol. The van der Waals surface area contributed by atoms with Gasteiger partial charge in [0.15, 0.2) is 0 Å². The van der Waals surface area contributed by atoms with Crippen LogP contribution >= 0.6 is 11.6 Å². The molecule has 5 rings (SSSR count). The van der Waals surface area contributed by atoms with Gasteiger partial charge < -0.3 is 4.90 Å². The van der Waals surface area contributed by atoms with E-state index in [9.17, 15) is 14.4 Å². The van der Waals surface area contributed by atoms with Crippen LogP contribution in [0.1, 0.15) is 45.8 Å². The average Bonchev–Trinajstić information content (AvgIpc) is 3.10. The minimum atomic E-state index is -0.434. The fourth-order valence-corrected chi connectivity index (χ4v) is 4.75. The lowest BCUT2D eigenvalue weighted by Gasteiger charge is -2.23. The highest BCUT2D eigenvalue weighted by atomic mass is 35.5. The lowest BCUT2D eigenvalue weighted by Crippen LogP contribution is -2.39. The zero-order chi connectivity index (χ0) is 22.2. The van der Waals surface area contributed by atoms with E-state index < -0.39 is 5.92 Å². The number of aromatic nitrogens is 1. The molecule has 3 amide bonds. The number of fused-ring (bicyclic) bond motifs is 1. The molecule has 7 heteroatoms. The molecule has 1 fully saturated rings. The van der Waals surface area contributed by atoms with Crippen molar-refractivity contribution in [2.24, 2.45) is 0 Å². The summed E-state index contributed by atoms with van der Waals surface area (Å²) in [4.78, 5) is 42.3. The van der Waals surface area contributed by atoms with Crippen LogP contribution < -0.4 is 5.32 Å². The van der Waals surface area contributed by atoms with Gasteiger partial charge in [-0.3, -0.25) is 24.7 Å². The molecule has 1 atom stereocenters. The molecule has 0 aliphatic carbocycles. The molecular formula is C25H20ClN3O3. The number of carbonyl (C=O) groups is 3. The van der Waals surface area contributed by atoms with Gasteiger partial charge in [-0.25, -0.2) is 0 Å². The first-order valence-corrected chi connectivity index (χ1v) is 10.8. The first kappa shape index (κ1) is 20.4. The van der Waals surface area contributed by atoms with E-state index >= 15 is 0 Å². The second kappa shape index (κ2) is 8.20. The molecule has 1 unspecified atom stereocenters. The van der Waals surface area contributed by atoms with Gasteiger partial charge in [0.2, 0.25) is 11.8 Å². The van der Waals surface area contributed by atoms with Crippen LogP contribution in [0.5, 0.6) is 0 Å². The maximum atomic E-state index is 12.6. The van der Waals surface area contributed by atoms with E-state index in [-0.39, 0.29) is 17.7 Å². The molecule has 3 heterocycles. The number of piperidine rings is 1. The van der Waals surface area contributed by atoms with Gasteiger partial charge in [-0.15, -0.1) is 0 Å². The van der Waals surface area contributed by atoms with Crippen LogP contribution in [0.15, 0.2) is 60.9 Å². The number of nitrogens with zero attached hydrogens (tertiary/aromatic N) is 2. The number of benzene rings is 2. The van der Waals surface area contributed by atoms with Crippen LogP contribution in [0, 0.1) is 0 Å². The number of pyridine rings is 1. The summed E-state index contributed by atoms with van der Waals surface area (Å²) in [5, 5.41) is 2.91. The highest BCUT2D eigenvalue weighted by molar-refractivity contribution is 6.34. The zero-order valence-corrected chi connectivity index (χ0v) is 17.9. The van der Waals surface area contributed by atoms with Gasteiger partial charge >= 0.3 is 0 Å². The molecule has 1 N–H and O–H groups in total. The maximum absolute atomic E-state index is 12.6. The quantitative estimate of drug-likeness (QED) is 0.614. The molecule has 0 saturated carbocycles. The second-order valence-electron chi connectivity index (χ2n) is 8.10. The summed E-state index contributed by atoms with van der Waals surface area (Å²) < 4.78 is 0. The Balaban J connectivity index is 1.35. The Hall–Kier alpha value is -3.51. The first-order chi connectivity index (χ1) is 15.5. The molecule has 1 aromatic heterocycles. The van der Waals surface area contributed by atoms with E-state index in [1.807, 2.05) is 42.5 Å². The van der Waals surface area contributed by atoms with Gasteiger partial charge in [0, 0.05) is 48.6 Å². The van der Waals surface area contributed by atoms with E-state index in [0.717, 1.165) is 27.8 Å². The minimum Gasteiger partial charge on any atom is -0.330 e. The van der Waals surface area contributed by atoms with Gasteiger partial charge in [0.1, 0.15) is 0 Å². The molecule has 2 aromatic carbocycles. The Morgan fingerprint density at radius 1 is 1.03 bits per heavy atom. The summed E-state index contributed by atoms with van der Waals surface area (Å²) >= 11 is 6.70. The Morgan fingerprint density at radius 3 is 2.59 bits per heavy atom. The molecule has 0 bridgehead atoms. The van der Waals surface area contributed by atoms with Crippen molar-refractivity contribution in [2.45, 2.75) is 31.8 Å². The van der Waals surface area contributed by atoms with Crippen LogP contribution in [0.4, 0.5) is 0 Å². The molecule has 32 heavy (non-hydrogen) atoms.